The number of amides is 1. The van der Waals surface area contributed by atoms with Crippen molar-refractivity contribution in [3.05, 3.63) is 66.2 Å². The number of aromatic nitrogens is 2. The number of piperidine rings is 1. The maximum atomic E-state index is 12.4. The highest BCUT2D eigenvalue weighted by molar-refractivity contribution is 5.79. The van der Waals surface area contributed by atoms with Crippen LogP contribution in [-0.4, -0.2) is 41.8 Å². The Morgan fingerprint density at radius 3 is 2.57 bits per heavy atom. The summed E-state index contributed by atoms with van der Waals surface area (Å²) in [6.45, 7) is 4.37. The molecule has 2 N–H and O–H groups in total. The molecule has 0 saturated carbocycles. The number of rotatable bonds is 7. The highest BCUT2D eigenvalue weighted by atomic mass is 16.5. The van der Waals surface area contributed by atoms with Gasteiger partial charge in [0.2, 0.25) is 5.91 Å². The molecule has 1 saturated heterocycles. The number of benzene rings is 2. The average molecular weight is 405 g/mol. The summed E-state index contributed by atoms with van der Waals surface area (Å²) in [6, 6.07) is 20.3. The molecular weight excluding hydrogens is 376 g/mol. The SMILES string of the molecule is CCOc1ccc(CC(=O)NC2CCN(c3cc(-c4ccccc4)[nH]n3)CC2)cc1. The van der Waals surface area contributed by atoms with E-state index in [1.54, 1.807) is 0 Å². The molecule has 2 heterocycles. The van der Waals surface area contributed by atoms with E-state index in [-0.39, 0.29) is 11.9 Å². The second-order valence-corrected chi connectivity index (χ2v) is 7.59. The van der Waals surface area contributed by atoms with E-state index in [0.29, 0.717) is 13.0 Å². The summed E-state index contributed by atoms with van der Waals surface area (Å²) in [5.41, 5.74) is 3.16. The number of ether oxygens (including phenoxy) is 1. The van der Waals surface area contributed by atoms with Gasteiger partial charge in [0.15, 0.2) is 5.82 Å². The van der Waals surface area contributed by atoms with Gasteiger partial charge in [-0.15, -0.1) is 0 Å². The van der Waals surface area contributed by atoms with Gasteiger partial charge in [-0.05, 0) is 43.0 Å². The molecule has 0 atom stereocenters. The topological polar surface area (TPSA) is 70.2 Å². The van der Waals surface area contributed by atoms with E-state index in [9.17, 15) is 4.79 Å². The summed E-state index contributed by atoms with van der Waals surface area (Å²) in [4.78, 5) is 14.7. The van der Waals surface area contributed by atoms with Crippen LogP contribution >= 0.6 is 0 Å². The number of anilines is 1. The molecule has 6 heteroatoms. The maximum absolute atomic E-state index is 12.4. The van der Waals surface area contributed by atoms with Crippen LogP contribution in [0.2, 0.25) is 0 Å². The van der Waals surface area contributed by atoms with Gasteiger partial charge in [-0.25, -0.2) is 0 Å². The van der Waals surface area contributed by atoms with E-state index in [1.807, 2.05) is 49.4 Å². The van der Waals surface area contributed by atoms with Crippen LogP contribution in [-0.2, 0) is 11.2 Å². The Hall–Kier alpha value is -3.28. The van der Waals surface area contributed by atoms with Crippen LogP contribution < -0.4 is 15.0 Å². The minimum atomic E-state index is 0.0729. The van der Waals surface area contributed by atoms with Crippen molar-refractivity contribution < 1.29 is 9.53 Å². The van der Waals surface area contributed by atoms with Gasteiger partial charge in [-0.3, -0.25) is 9.89 Å². The Morgan fingerprint density at radius 2 is 1.87 bits per heavy atom. The molecule has 1 aliphatic rings. The van der Waals surface area contributed by atoms with Gasteiger partial charge in [0.1, 0.15) is 5.75 Å². The minimum absolute atomic E-state index is 0.0729. The quantitative estimate of drug-likeness (QED) is 0.628. The fourth-order valence-electron chi connectivity index (χ4n) is 3.83. The molecule has 0 aliphatic carbocycles. The highest BCUT2D eigenvalue weighted by Gasteiger charge is 2.22. The van der Waals surface area contributed by atoms with Crippen LogP contribution in [0, 0.1) is 0 Å². The van der Waals surface area contributed by atoms with Crippen LogP contribution in [0.3, 0.4) is 0 Å². The van der Waals surface area contributed by atoms with E-state index < -0.39 is 0 Å². The van der Waals surface area contributed by atoms with Crippen molar-refractivity contribution in [3.63, 3.8) is 0 Å². The molecule has 1 aliphatic heterocycles. The van der Waals surface area contributed by atoms with Crippen molar-refractivity contribution >= 4 is 11.7 Å². The zero-order valence-electron chi connectivity index (χ0n) is 17.3. The first-order valence-electron chi connectivity index (χ1n) is 10.6. The summed E-state index contributed by atoms with van der Waals surface area (Å²) in [7, 11) is 0. The van der Waals surface area contributed by atoms with E-state index in [1.165, 1.54) is 0 Å². The third-order valence-electron chi connectivity index (χ3n) is 5.43. The molecule has 1 amide bonds. The summed E-state index contributed by atoms with van der Waals surface area (Å²) in [6.07, 6.45) is 2.23. The molecule has 0 bridgehead atoms. The van der Waals surface area contributed by atoms with Crippen molar-refractivity contribution in [2.45, 2.75) is 32.2 Å². The third-order valence-corrected chi connectivity index (χ3v) is 5.43. The van der Waals surface area contributed by atoms with Crippen LogP contribution in [0.15, 0.2) is 60.7 Å². The molecule has 3 aromatic rings. The first-order chi connectivity index (χ1) is 14.7. The lowest BCUT2D eigenvalue weighted by Gasteiger charge is -2.32. The first-order valence-corrected chi connectivity index (χ1v) is 10.6. The Kier molecular flexibility index (Phi) is 6.32. The molecule has 0 unspecified atom stereocenters. The molecule has 2 aromatic carbocycles. The van der Waals surface area contributed by atoms with Gasteiger partial charge in [0.25, 0.3) is 0 Å². The maximum Gasteiger partial charge on any atom is 0.224 e. The number of carbonyl (C=O) groups excluding carboxylic acids is 1. The third kappa shape index (κ3) is 5.00. The van der Waals surface area contributed by atoms with Gasteiger partial charge in [-0.1, -0.05) is 42.5 Å². The van der Waals surface area contributed by atoms with Crippen molar-refractivity contribution in [2.75, 3.05) is 24.6 Å². The number of hydrogen-bond acceptors (Lipinski definition) is 4. The van der Waals surface area contributed by atoms with Gasteiger partial charge in [-0.2, -0.15) is 5.10 Å². The van der Waals surface area contributed by atoms with Gasteiger partial charge < -0.3 is 15.0 Å². The molecule has 156 valence electrons. The van der Waals surface area contributed by atoms with E-state index in [0.717, 1.165) is 54.3 Å². The summed E-state index contributed by atoms with van der Waals surface area (Å²) >= 11 is 0. The molecule has 30 heavy (non-hydrogen) atoms. The first kappa shape index (κ1) is 20.0. The monoisotopic (exact) mass is 404 g/mol. The standard InChI is InChI=1S/C24H28N4O2/c1-2-30-21-10-8-18(9-11-21)16-24(29)25-20-12-14-28(15-13-20)23-17-22(26-27-23)19-6-4-3-5-7-19/h3-11,17,20H,2,12-16H2,1H3,(H,25,29)(H,26,27). The predicted octanol–water partition coefficient (Wildman–Crippen LogP) is 3.80. The normalized spacial score (nSPS) is 14.5. The van der Waals surface area contributed by atoms with Crippen molar-refractivity contribution in [1.29, 1.82) is 0 Å². The van der Waals surface area contributed by atoms with Crippen LogP contribution in [0.5, 0.6) is 5.75 Å². The van der Waals surface area contributed by atoms with Crippen molar-refractivity contribution in [2.24, 2.45) is 0 Å². The molecule has 4 rings (SSSR count). The predicted molar refractivity (Wildman–Crippen MR) is 119 cm³/mol. The van der Waals surface area contributed by atoms with E-state index in [4.69, 9.17) is 4.74 Å². The number of nitrogens with one attached hydrogen (secondary N) is 2. The molecule has 1 fully saturated rings. The van der Waals surface area contributed by atoms with Gasteiger partial charge in [0.05, 0.1) is 18.7 Å². The average Bonchev–Trinajstić information content (AvgIpc) is 3.27. The Bertz CT molecular complexity index is 945. The van der Waals surface area contributed by atoms with Gasteiger partial charge in [0, 0.05) is 25.2 Å². The fourth-order valence-corrected chi connectivity index (χ4v) is 3.83. The number of carbonyl (C=O) groups is 1. The second kappa shape index (κ2) is 9.48. The molecule has 1 aromatic heterocycles. The van der Waals surface area contributed by atoms with Crippen molar-refractivity contribution in [3.8, 4) is 17.0 Å². The van der Waals surface area contributed by atoms with Crippen LogP contribution in [0.1, 0.15) is 25.3 Å². The van der Waals surface area contributed by atoms with Gasteiger partial charge >= 0.3 is 0 Å². The number of aromatic amines is 1. The number of H-pyrrole nitrogens is 1. The lowest BCUT2D eigenvalue weighted by atomic mass is 10.0. The Morgan fingerprint density at radius 1 is 1.13 bits per heavy atom. The highest BCUT2D eigenvalue weighted by Crippen LogP contribution is 2.24. The van der Waals surface area contributed by atoms with Crippen molar-refractivity contribution in [1.82, 2.24) is 15.5 Å². The Balaban J connectivity index is 1.25. The fraction of sp³-hybridized carbons (Fsp3) is 0.333. The second-order valence-electron chi connectivity index (χ2n) is 7.59. The molecule has 0 spiro atoms. The lowest BCUT2D eigenvalue weighted by molar-refractivity contribution is -0.121. The molecular formula is C24H28N4O2. The molecule has 6 nitrogen and oxygen atoms in total. The largest absolute Gasteiger partial charge is 0.494 e. The van der Waals surface area contributed by atoms with Crippen LogP contribution in [0.25, 0.3) is 11.3 Å². The summed E-state index contributed by atoms with van der Waals surface area (Å²) in [5.74, 6) is 1.87. The zero-order chi connectivity index (χ0) is 20.8. The number of hydrogen-bond donors (Lipinski definition) is 2. The zero-order valence-corrected chi connectivity index (χ0v) is 17.3. The summed E-state index contributed by atoms with van der Waals surface area (Å²) < 4.78 is 5.45. The Labute approximate surface area is 177 Å². The van der Waals surface area contributed by atoms with E-state index >= 15 is 0 Å². The minimum Gasteiger partial charge on any atom is -0.494 e. The molecule has 0 radical (unpaired) electrons. The smallest absolute Gasteiger partial charge is 0.224 e. The van der Waals surface area contributed by atoms with Crippen LogP contribution in [0.4, 0.5) is 5.82 Å². The lowest BCUT2D eigenvalue weighted by Crippen LogP contribution is -2.45. The van der Waals surface area contributed by atoms with E-state index in [2.05, 4.69) is 38.6 Å². The number of nitrogens with zero attached hydrogens (tertiary/aromatic N) is 2. The summed E-state index contributed by atoms with van der Waals surface area (Å²) in [5, 5.41) is 10.8.